The van der Waals surface area contributed by atoms with E-state index >= 15 is 0 Å². The number of aromatic nitrogens is 1. The Morgan fingerprint density at radius 2 is 1.91 bits per heavy atom. The molecule has 1 aliphatic heterocycles. The lowest BCUT2D eigenvalue weighted by Crippen LogP contribution is -2.38. The number of carbonyl (C=O) groups excluding carboxylic acids is 1. The standard InChI is InChI=1S/C18H14N2O2/c21-18(15-8-3-6-13-5-1-2-7-14(13)15)20-11-12-22-17-16(20)9-4-10-19-17/h1-10H,11-12H2. The van der Waals surface area contributed by atoms with Crippen LogP contribution in [0, 0.1) is 0 Å². The zero-order valence-corrected chi connectivity index (χ0v) is 11.9. The Hall–Kier alpha value is -2.88. The average Bonchev–Trinajstić information content (AvgIpc) is 2.60. The van der Waals surface area contributed by atoms with Gasteiger partial charge in [-0.2, -0.15) is 0 Å². The first-order chi connectivity index (χ1) is 10.8. The lowest BCUT2D eigenvalue weighted by Gasteiger charge is -2.28. The SMILES string of the molecule is O=C(c1cccc2ccccc12)N1CCOc2ncccc21. The van der Waals surface area contributed by atoms with Crippen molar-refractivity contribution in [3.63, 3.8) is 0 Å². The molecule has 1 aromatic heterocycles. The van der Waals surface area contributed by atoms with Crippen molar-refractivity contribution in [3.8, 4) is 5.88 Å². The summed E-state index contributed by atoms with van der Waals surface area (Å²) in [5.41, 5.74) is 1.43. The van der Waals surface area contributed by atoms with Crippen molar-refractivity contribution in [1.82, 2.24) is 4.98 Å². The summed E-state index contributed by atoms with van der Waals surface area (Å²) >= 11 is 0. The molecule has 0 N–H and O–H groups in total. The minimum atomic E-state index is -0.0191. The van der Waals surface area contributed by atoms with Gasteiger partial charge in [0.1, 0.15) is 12.3 Å². The molecule has 0 unspecified atom stereocenters. The number of hydrogen-bond donors (Lipinski definition) is 0. The number of pyridine rings is 1. The van der Waals surface area contributed by atoms with Crippen LogP contribution in [0.2, 0.25) is 0 Å². The summed E-state index contributed by atoms with van der Waals surface area (Å²) in [5, 5.41) is 2.03. The molecule has 4 heteroatoms. The number of fused-ring (bicyclic) bond motifs is 2. The first kappa shape index (κ1) is 12.8. The molecule has 0 saturated carbocycles. The Labute approximate surface area is 128 Å². The summed E-state index contributed by atoms with van der Waals surface area (Å²) in [7, 11) is 0. The Kier molecular flexibility index (Phi) is 3.00. The minimum Gasteiger partial charge on any atom is -0.474 e. The minimum absolute atomic E-state index is 0.0191. The third-order valence-electron chi connectivity index (χ3n) is 3.86. The van der Waals surface area contributed by atoms with Gasteiger partial charge in [-0.05, 0) is 29.0 Å². The van der Waals surface area contributed by atoms with Crippen molar-refractivity contribution in [2.45, 2.75) is 0 Å². The summed E-state index contributed by atoms with van der Waals surface area (Å²) in [4.78, 5) is 19.0. The van der Waals surface area contributed by atoms with Gasteiger partial charge < -0.3 is 9.64 Å². The largest absolute Gasteiger partial charge is 0.474 e. The summed E-state index contributed by atoms with van der Waals surface area (Å²) in [6.45, 7) is 0.987. The third kappa shape index (κ3) is 2.00. The van der Waals surface area contributed by atoms with Gasteiger partial charge in [-0.1, -0.05) is 36.4 Å². The van der Waals surface area contributed by atoms with E-state index in [0.29, 0.717) is 24.6 Å². The molecule has 2 heterocycles. The summed E-state index contributed by atoms with van der Waals surface area (Å²) in [5.74, 6) is 0.497. The monoisotopic (exact) mass is 290 g/mol. The van der Waals surface area contributed by atoms with Crippen LogP contribution in [0.4, 0.5) is 5.69 Å². The quantitative estimate of drug-likeness (QED) is 0.690. The summed E-state index contributed by atoms with van der Waals surface area (Å²) in [6.07, 6.45) is 1.67. The highest BCUT2D eigenvalue weighted by atomic mass is 16.5. The molecule has 108 valence electrons. The first-order valence-electron chi connectivity index (χ1n) is 7.22. The van der Waals surface area contributed by atoms with Gasteiger partial charge in [0.25, 0.3) is 5.91 Å². The molecule has 0 spiro atoms. The van der Waals surface area contributed by atoms with Gasteiger partial charge in [0, 0.05) is 11.8 Å². The second kappa shape index (κ2) is 5.15. The van der Waals surface area contributed by atoms with Crippen molar-refractivity contribution in [3.05, 3.63) is 66.4 Å². The van der Waals surface area contributed by atoms with Crippen LogP contribution >= 0.6 is 0 Å². The number of rotatable bonds is 1. The van der Waals surface area contributed by atoms with Crippen LogP contribution in [0.15, 0.2) is 60.8 Å². The van der Waals surface area contributed by atoms with Crippen LogP contribution < -0.4 is 9.64 Å². The molecule has 1 amide bonds. The van der Waals surface area contributed by atoms with Gasteiger partial charge in [0.05, 0.1) is 6.54 Å². The summed E-state index contributed by atoms with van der Waals surface area (Å²) in [6, 6.07) is 17.4. The molecular formula is C18H14N2O2. The first-order valence-corrected chi connectivity index (χ1v) is 7.22. The molecule has 4 rings (SSSR count). The zero-order valence-electron chi connectivity index (χ0n) is 11.9. The number of hydrogen-bond acceptors (Lipinski definition) is 3. The molecule has 0 bridgehead atoms. The predicted octanol–water partition coefficient (Wildman–Crippen LogP) is 3.27. The van der Waals surface area contributed by atoms with Crippen LogP contribution in [0.25, 0.3) is 10.8 Å². The molecular weight excluding hydrogens is 276 g/mol. The number of carbonyl (C=O) groups is 1. The Balaban J connectivity index is 1.82. The van der Waals surface area contributed by atoms with Gasteiger partial charge in [-0.25, -0.2) is 4.98 Å². The predicted molar refractivity (Wildman–Crippen MR) is 85.4 cm³/mol. The van der Waals surface area contributed by atoms with Crippen molar-refractivity contribution in [2.24, 2.45) is 0 Å². The van der Waals surface area contributed by atoms with E-state index in [9.17, 15) is 4.79 Å². The van der Waals surface area contributed by atoms with Crippen LogP contribution in [0.1, 0.15) is 10.4 Å². The highest BCUT2D eigenvalue weighted by Crippen LogP contribution is 2.31. The average molecular weight is 290 g/mol. The van der Waals surface area contributed by atoms with Gasteiger partial charge in [0.2, 0.25) is 5.88 Å². The van der Waals surface area contributed by atoms with Gasteiger partial charge in [-0.15, -0.1) is 0 Å². The molecule has 0 radical (unpaired) electrons. The molecule has 0 fully saturated rings. The molecule has 4 nitrogen and oxygen atoms in total. The normalized spacial score (nSPS) is 13.5. The molecule has 0 aliphatic carbocycles. The van der Waals surface area contributed by atoms with Crippen LogP contribution in [0.3, 0.4) is 0 Å². The number of ether oxygens (including phenoxy) is 1. The molecule has 1 aliphatic rings. The van der Waals surface area contributed by atoms with Crippen molar-refractivity contribution >= 4 is 22.4 Å². The lowest BCUT2D eigenvalue weighted by atomic mass is 10.0. The summed E-state index contributed by atoms with van der Waals surface area (Å²) < 4.78 is 5.52. The van der Waals surface area contributed by atoms with Gasteiger partial charge in [-0.3, -0.25) is 4.79 Å². The fraction of sp³-hybridized carbons (Fsp3) is 0.111. The molecule has 2 aromatic carbocycles. The number of nitrogens with zero attached hydrogens (tertiary/aromatic N) is 2. The van der Waals surface area contributed by atoms with E-state index in [2.05, 4.69) is 4.98 Å². The van der Waals surface area contributed by atoms with E-state index < -0.39 is 0 Å². The van der Waals surface area contributed by atoms with Gasteiger partial charge in [0.15, 0.2) is 0 Å². The topological polar surface area (TPSA) is 42.4 Å². The van der Waals surface area contributed by atoms with Gasteiger partial charge >= 0.3 is 0 Å². The van der Waals surface area contributed by atoms with Crippen molar-refractivity contribution in [1.29, 1.82) is 0 Å². The molecule has 0 saturated heterocycles. The Bertz CT molecular complexity index is 855. The zero-order chi connectivity index (χ0) is 14.9. The Morgan fingerprint density at radius 1 is 1.05 bits per heavy atom. The molecule has 3 aromatic rings. The number of anilines is 1. The van der Waals surface area contributed by atoms with E-state index in [4.69, 9.17) is 4.74 Å². The van der Waals surface area contributed by atoms with Crippen LogP contribution in [-0.4, -0.2) is 24.0 Å². The molecule has 0 atom stereocenters. The van der Waals surface area contributed by atoms with Crippen LogP contribution in [0.5, 0.6) is 5.88 Å². The third-order valence-corrected chi connectivity index (χ3v) is 3.86. The number of amides is 1. The highest BCUT2D eigenvalue weighted by molar-refractivity contribution is 6.14. The highest BCUT2D eigenvalue weighted by Gasteiger charge is 2.26. The number of benzene rings is 2. The van der Waals surface area contributed by atoms with E-state index in [1.807, 2.05) is 54.6 Å². The van der Waals surface area contributed by atoms with E-state index in [-0.39, 0.29) is 5.91 Å². The Morgan fingerprint density at radius 3 is 2.86 bits per heavy atom. The smallest absolute Gasteiger partial charge is 0.259 e. The second-order valence-electron chi connectivity index (χ2n) is 5.16. The van der Waals surface area contributed by atoms with E-state index in [0.717, 1.165) is 16.5 Å². The second-order valence-corrected chi connectivity index (χ2v) is 5.16. The lowest BCUT2D eigenvalue weighted by molar-refractivity contribution is 0.0977. The maximum absolute atomic E-state index is 13.0. The fourth-order valence-corrected chi connectivity index (χ4v) is 2.82. The maximum atomic E-state index is 13.0. The van der Waals surface area contributed by atoms with Crippen LogP contribution in [-0.2, 0) is 0 Å². The van der Waals surface area contributed by atoms with Crippen molar-refractivity contribution in [2.75, 3.05) is 18.1 Å². The molecule has 22 heavy (non-hydrogen) atoms. The van der Waals surface area contributed by atoms with Crippen molar-refractivity contribution < 1.29 is 9.53 Å². The van der Waals surface area contributed by atoms with E-state index in [1.165, 1.54) is 0 Å². The fourth-order valence-electron chi connectivity index (χ4n) is 2.82. The maximum Gasteiger partial charge on any atom is 0.259 e. The van der Waals surface area contributed by atoms with E-state index in [1.54, 1.807) is 11.1 Å².